The summed E-state index contributed by atoms with van der Waals surface area (Å²) in [6.07, 6.45) is 1.96. The molecule has 0 saturated carbocycles. The van der Waals surface area contributed by atoms with Gasteiger partial charge in [-0.3, -0.25) is 4.79 Å². The summed E-state index contributed by atoms with van der Waals surface area (Å²) in [5, 5.41) is 3.31. The molecule has 1 aliphatic heterocycles. The lowest BCUT2D eigenvalue weighted by Crippen LogP contribution is -2.36. The second-order valence-corrected chi connectivity index (χ2v) is 3.67. The van der Waals surface area contributed by atoms with Crippen LogP contribution in [0.4, 0.5) is 5.69 Å². The van der Waals surface area contributed by atoms with Crippen molar-refractivity contribution < 1.29 is 4.79 Å². The van der Waals surface area contributed by atoms with Crippen LogP contribution >= 0.6 is 0 Å². The van der Waals surface area contributed by atoms with Gasteiger partial charge in [-0.25, -0.2) is 0 Å². The van der Waals surface area contributed by atoms with Crippen molar-refractivity contribution in [2.75, 3.05) is 18.0 Å². The molecule has 0 radical (unpaired) electrons. The third-order valence-electron chi connectivity index (χ3n) is 2.68. The van der Waals surface area contributed by atoms with Gasteiger partial charge in [0.05, 0.1) is 0 Å². The Morgan fingerprint density at radius 2 is 2.31 bits per heavy atom. The quantitative estimate of drug-likeness (QED) is 0.424. The van der Waals surface area contributed by atoms with Gasteiger partial charge in [0.1, 0.15) is 6.54 Å². The fourth-order valence-electron chi connectivity index (χ4n) is 1.97. The summed E-state index contributed by atoms with van der Waals surface area (Å²) in [7, 11) is 0. The molecular weight excluding hydrogens is 204 g/mol. The molecule has 82 valence electrons. The number of carbonyl (C=O) groups is 1. The summed E-state index contributed by atoms with van der Waals surface area (Å²) in [6, 6.07) is 7.85. The minimum atomic E-state index is -0.134. The number of nitrogens with zero attached hydrogens (tertiary/aromatic N) is 4. The lowest BCUT2D eigenvalue weighted by molar-refractivity contribution is -0.117. The zero-order chi connectivity index (χ0) is 11.4. The van der Waals surface area contributed by atoms with Crippen LogP contribution in [0.3, 0.4) is 0 Å². The van der Waals surface area contributed by atoms with Crippen LogP contribution in [0.15, 0.2) is 29.4 Å². The van der Waals surface area contributed by atoms with Gasteiger partial charge in [0.25, 0.3) is 0 Å². The van der Waals surface area contributed by atoms with Crippen LogP contribution in [-0.2, 0) is 11.2 Å². The average molecular weight is 216 g/mol. The van der Waals surface area contributed by atoms with Crippen molar-refractivity contribution in [1.29, 1.82) is 0 Å². The lowest BCUT2D eigenvalue weighted by Gasteiger charge is -2.29. The van der Waals surface area contributed by atoms with E-state index in [1.807, 2.05) is 24.3 Å². The first-order valence-electron chi connectivity index (χ1n) is 5.22. The number of hydrogen-bond donors (Lipinski definition) is 0. The van der Waals surface area contributed by atoms with Crippen LogP contribution in [0.5, 0.6) is 0 Å². The number of fused-ring (bicyclic) bond motifs is 1. The number of carbonyl (C=O) groups excluding carboxylic acids is 1. The maximum Gasteiger partial charge on any atom is 0.232 e. The summed E-state index contributed by atoms with van der Waals surface area (Å²) in [5.41, 5.74) is 10.3. The zero-order valence-corrected chi connectivity index (χ0v) is 8.83. The summed E-state index contributed by atoms with van der Waals surface area (Å²) >= 11 is 0. The number of para-hydroxylation sites is 1. The van der Waals surface area contributed by atoms with Crippen LogP contribution in [0.25, 0.3) is 10.4 Å². The Hall–Kier alpha value is -2.00. The molecule has 1 aliphatic rings. The van der Waals surface area contributed by atoms with Crippen LogP contribution in [0.2, 0.25) is 0 Å². The van der Waals surface area contributed by atoms with Crippen LogP contribution in [0.1, 0.15) is 12.0 Å². The summed E-state index contributed by atoms with van der Waals surface area (Å²) < 4.78 is 0. The molecule has 1 aromatic rings. The summed E-state index contributed by atoms with van der Waals surface area (Å²) in [6.45, 7) is 0.599. The summed E-state index contributed by atoms with van der Waals surface area (Å²) in [5.74, 6) is -0.134. The first kappa shape index (κ1) is 10.5. The maximum absolute atomic E-state index is 11.8. The van der Waals surface area contributed by atoms with Crippen molar-refractivity contribution in [3.8, 4) is 0 Å². The minimum Gasteiger partial charge on any atom is -0.312 e. The van der Waals surface area contributed by atoms with Crippen molar-refractivity contribution in [2.24, 2.45) is 5.11 Å². The highest BCUT2D eigenvalue weighted by atomic mass is 16.2. The molecular formula is C11H12N4O. The van der Waals surface area contributed by atoms with Crippen molar-refractivity contribution in [2.45, 2.75) is 12.8 Å². The average Bonchev–Trinajstić information content (AvgIpc) is 2.35. The zero-order valence-electron chi connectivity index (χ0n) is 8.83. The number of hydrogen-bond acceptors (Lipinski definition) is 2. The van der Waals surface area contributed by atoms with Gasteiger partial charge >= 0.3 is 0 Å². The van der Waals surface area contributed by atoms with Crippen LogP contribution in [-0.4, -0.2) is 19.0 Å². The Balaban J connectivity index is 2.24. The first-order valence-corrected chi connectivity index (χ1v) is 5.22. The fraction of sp³-hybridized carbons (Fsp3) is 0.364. The van der Waals surface area contributed by atoms with Crippen LogP contribution < -0.4 is 4.90 Å². The monoisotopic (exact) mass is 216 g/mol. The van der Waals surface area contributed by atoms with E-state index in [9.17, 15) is 4.79 Å². The Labute approximate surface area is 93.3 Å². The van der Waals surface area contributed by atoms with E-state index in [0.29, 0.717) is 6.54 Å². The number of aryl methyl sites for hydroxylation is 1. The van der Waals surface area contributed by atoms with Crippen molar-refractivity contribution in [3.63, 3.8) is 0 Å². The van der Waals surface area contributed by atoms with Gasteiger partial charge < -0.3 is 4.90 Å². The standard InChI is InChI=1S/C11H12N4O/c12-14-13-8-11(16)15-7-3-5-9-4-1-2-6-10(9)15/h1-2,4,6H,3,5,7-8H2. The number of azide groups is 1. The molecule has 5 nitrogen and oxygen atoms in total. The first-order chi connectivity index (χ1) is 7.83. The molecule has 0 aromatic heterocycles. The van der Waals surface area contributed by atoms with E-state index in [1.54, 1.807) is 4.90 Å². The number of amides is 1. The highest BCUT2D eigenvalue weighted by molar-refractivity contribution is 5.96. The normalized spacial score (nSPS) is 13.9. The third-order valence-corrected chi connectivity index (χ3v) is 2.68. The minimum absolute atomic E-state index is 0.106. The van der Waals surface area contributed by atoms with Gasteiger partial charge in [0.15, 0.2) is 0 Å². The number of benzene rings is 1. The molecule has 0 unspecified atom stereocenters. The van der Waals surface area contributed by atoms with Gasteiger partial charge in [-0.15, -0.1) is 0 Å². The molecule has 16 heavy (non-hydrogen) atoms. The molecule has 1 heterocycles. The lowest BCUT2D eigenvalue weighted by atomic mass is 10.0. The SMILES string of the molecule is [N-]=[N+]=NCC(=O)N1CCCc2ccccc21. The van der Waals surface area contributed by atoms with Gasteiger partial charge in [0.2, 0.25) is 5.91 Å². The molecule has 0 fully saturated rings. The fourth-order valence-corrected chi connectivity index (χ4v) is 1.97. The number of rotatable bonds is 2. The predicted molar refractivity (Wildman–Crippen MR) is 61.1 cm³/mol. The van der Waals surface area contributed by atoms with E-state index in [2.05, 4.69) is 10.0 Å². The Kier molecular flexibility index (Phi) is 3.08. The highest BCUT2D eigenvalue weighted by Gasteiger charge is 2.20. The van der Waals surface area contributed by atoms with E-state index in [4.69, 9.17) is 5.53 Å². The second kappa shape index (κ2) is 4.68. The van der Waals surface area contributed by atoms with Crippen molar-refractivity contribution in [3.05, 3.63) is 40.3 Å². The molecule has 2 rings (SSSR count). The molecule has 0 bridgehead atoms. The molecule has 0 spiro atoms. The van der Waals surface area contributed by atoms with Gasteiger partial charge in [-0.05, 0) is 30.0 Å². The second-order valence-electron chi connectivity index (χ2n) is 3.67. The van der Waals surface area contributed by atoms with Gasteiger partial charge in [-0.2, -0.15) is 0 Å². The van der Waals surface area contributed by atoms with Crippen LogP contribution in [0, 0.1) is 0 Å². The molecule has 0 saturated heterocycles. The smallest absolute Gasteiger partial charge is 0.232 e. The van der Waals surface area contributed by atoms with Gasteiger partial charge in [0, 0.05) is 17.1 Å². The predicted octanol–water partition coefficient (Wildman–Crippen LogP) is 2.28. The van der Waals surface area contributed by atoms with Crippen molar-refractivity contribution >= 4 is 11.6 Å². The summed E-state index contributed by atoms with van der Waals surface area (Å²) in [4.78, 5) is 16.1. The molecule has 5 heteroatoms. The van der Waals surface area contributed by atoms with Gasteiger partial charge in [-0.1, -0.05) is 23.3 Å². The molecule has 1 amide bonds. The molecule has 0 atom stereocenters. The van der Waals surface area contributed by atoms with E-state index in [1.165, 1.54) is 5.56 Å². The highest BCUT2D eigenvalue weighted by Crippen LogP contribution is 2.26. The van der Waals surface area contributed by atoms with E-state index < -0.39 is 0 Å². The Morgan fingerprint density at radius 1 is 1.50 bits per heavy atom. The third kappa shape index (κ3) is 1.99. The van der Waals surface area contributed by atoms with E-state index in [0.717, 1.165) is 18.5 Å². The number of anilines is 1. The Morgan fingerprint density at radius 3 is 3.12 bits per heavy atom. The molecule has 0 N–H and O–H groups in total. The van der Waals surface area contributed by atoms with E-state index in [-0.39, 0.29) is 12.5 Å². The molecule has 0 aliphatic carbocycles. The maximum atomic E-state index is 11.8. The largest absolute Gasteiger partial charge is 0.312 e. The topological polar surface area (TPSA) is 69.1 Å². The Bertz CT molecular complexity index is 451. The van der Waals surface area contributed by atoms with Crippen molar-refractivity contribution in [1.82, 2.24) is 0 Å². The molecule has 1 aromatic carbocycles. The van der Waals surface area contributed by atoms with E-state index >= 15 is 0 Å².